The van der Waals surface area contributed by atoms with E-state index in [9.17, 15) is 18.0 Å². The third-order valence-corrected chi connectivity index (χ3v) is 6.15. The highest BCUT2D eigenvalue weighted by Crippen LogP contribution is 2.47. The Morgan fingerprint density at radius 1 is 1.17 bits per heavy atom. The Balaban J connectivity index is 1.61. The Labute approximate surface area is 206 Å². The number of carbonyl (C=O) groups is 1. The number of fused-ring (bicyclic) bond motifs is 1. The molecule has 4 rings (SSSR count). The number of hydrogen-bond acceptors (Lipinski definition) is 7. The molecule has 1 fully saturated rings. The van der Waals surface area contributed by atoms with Crippen LogP contribution in [0.2, 0.25) is 0 Å². The van der Waals surface area contributed by atoms with Crippen LogP contribution < -0.4 is 20.5 Å². The van der Waals surface area contributed by atoms with Crippen LogP contribution in [-0.4, -0.2) is 48.6 Å². The van der Waals surface area contributed by atoms with Crippen molar-refractivity contribution in [2.75, 3.05) is 38.4 Å². The number of aryl methyl sites for hydroxylation is 1. The summed E-state index contributed by atoms with van der Waals surface area (Å²) in [5.41, 5.74) is 5.79. The molecule has 2 aromatic carbocycles. The van der Waals surface area contributed by atoms with Crippen molar-refractivity contribution in [2.45, 2.75) is 32.5 Å². The lowest BCUT2D eigenvalue weighted by molar-refractivity contribution is -0.137. The van der Waals surface area contributed by atoms with Crippen molar-refractivity contribution in [3.8, 4) is 11.5 Å². The summed E-state index contributed by atoms with van der Waals surface area (Å²) in [6.45, 7) is 2.81. The number of anilines is 2. The number of carbonyl (C=O) groups excluding carboxylic acids is 1. The minimum Gasteiger partial charge on any atom is -0.493 e. The largest absolute Gasteiger partial charge is 0.493 e. The number of alkyl halides is 3. The number of halogens is 3. The number of nitrogen functional groups attached to an aromatic ring is 1. The fraction of sp³-hybridized carbons (Fsp3) is 0.400. The van der Waals surface area contributed by atoms with Gasteiger partial charge in [-0.2, -0.15) is 13.2 Å². The van der Waals surface area contributed by atoms with E-state index in [2.05, 4.69) is 15.3 Å². The second-order valence-electron chi connectivity index (χ2n) is 9.26. The fourth-order valence-electron chi connectivity index (χ4n) is 4.15. The first kappa shape index (κ1) is 25.3. The first-order valence-corrected chi connectivity index (χ1v) is 11.4. The summed E-state index contributed by atoms with van der Waals surface area (Å²) < 4.78 is 51.2. The number of nitrogens with two attached hydrogens (primary N) is 1. The summed E-state index contributed by atoms with van der Waals surface area (Å²) in [6, 6.07) is 6.95. The number of rotatable bonds is 10. The number of nitrogens with one attached hydrogen (secondary N) is 1. The molecule has 11 heteroatoms. The highest BCUT2D eigenvalue weighted by atomic mass is 19.4. The molecular formula is C25H28F3N5O3. The lowest BCUT2D eigenvalue weighted by atomic mass is 10.1. The van der Waals surface area contributed by atoms with Crippen LogP contribution in [0.4, 0.5) is 24.7 Å². The summed E-state index contributed by atoms with van der Waals surface area (Å²) in [6.07, 6.45) is -1.79. The lowest BCUT2D eigenvalue weighted by Crippen LogP contribution is -2.29. The smallest absolute Gasteiger partial charge is 0.416 e. The summed E-state index contributed by atoms with van der Waals surface area (Å²) in [7, 11) is 3.27. The Morgan fingerprint density at radius 3 is 2.56 bits per heavy atom. The van der Waals surface area contributed by atoms with Crippen LogP contribution in [0.25, 0.3) is 10.9 Å². The minimum atomic E-state index is -4.50. The molecule has 1 saturated carbocycles. The first-order valence-electron chi connectivity index (χ1n) is 11.4. The number of hydrogen-bond donors (Lipinski definition) is 2. The van der Waals surface area contributed by atoms with Gasteiger partial charge in [0.15, 0.2) is 11.5 Å². The highest BCUT2D eigenvalue weighted by molar-refractivity contribution is 5.91. The molecule has 0 radical (unpaired) electrons. The maximum Gasteiger partial charge on any atom is 0.416 e. The maximum atomic E-state index is 13.2. The summed E-state index contributed by atoms with van der Waals surface area (Å²) >= 11 is 0. The molecule has 3 aromatic rings. The van der Waals surface area contributed by atoms with E-state index in [1.165, 1.54) is 13.2 Å². The molecule has 0 bridgehead atoms. The van der Waals surface area contributed by atoms with Gasteiger partial charge >= 0.3 is 6.18 Å². The zero-order chi connectivity index (χ0) is 26.1. The van der Waals surface area contributed by atoms with E-state index in [4.69, 9.17) is 15.2 Å². The maximum absolute atomic E-state index is 13.2. The molecule has 192 valence electrons. The van der Waals surface area contributed by atoms with Crippen molar-refractivity contribution in [3.63, 3.8) is 0 Å². The van der Waals surface area contributed by atoms with E-state index in [-0.39, 0.29) is 17.6 Å². The van der Waals surface area contributed by atoms with Crippen LogP contribution in [0.3, 0.4) is 0 Å². The topological polar surface area (TPSA) is 103 Å². The third kappa shape index (κ3) is 5.72. The van der Waals surface area contributed by atoms with Gasteiger partial charge in [0.1, 0.15) is 11.6 Å². The van der Waals surface area contributed by atoms with Gasteiger partial charge in [0.05, 0.1) is 24.8 Å². The molecule has 8 nitrogen and oxygen atoms in total. The lowest BCUT2D eigenvalue weighted by Gasteiger charge is -2.22. The Bertz CT molecular complexity index is 1280. The molecule has 0 aliphatic heterocycles. The summed E-state index contributed by atoms with van der Waals surface area (Å²) in [5, 5.41) is 3.75. The van der Waals surface area contributed by atoms with Crippen molar-refractivity contribution in [2.24, 2.45) is 5.41 Å². The summed E-state index contributed by atoms with van der Waals surface area (Å²) in [4.78, 5) is 21.6. The molecule has 0 atom stereocenters. The van der Waals surface area contributed by atoms with Crippen molar-refractivity contribution in [1.29, 1.82) is 0 Å². The summed E-state index contributed by atoms with van der Waals surface area (Å²) in [5.74, 6) is 1.92. The van der Waals surface area contributed by atoms with Gasteiger partial charge in [-0.15, -0.1) is 0 Å². The number of nitrogens with zero attached hydrogens (tertiary/aromatic N) is 3. The molecule has 0 spiro atoms. The zero-order valence-electron chi connectivity index (χ0n) is 20.3. The average Bonchev–Trinajstić information content (AvgIpc) is 3.59. The molecule has 1 aliphatic rings. The quantitative estimate of drug-likeness (QED) is 0.312. The van der Waals surface area contributed by atoms with Crippen molar-refractivity contribution in [1.82, 2.24) is 14.9 Å². The van der Waals surface area contributed by atoms with Crippen molar-refractivity contribution in [3.05, 3.63) is 47.3 Å². The molecule has 1 aliphatic carbocycles. The van der Waals surface area contributed by atoms with Gasteiger partial charge < -0.3 is 25.4 Å². The van der Waals surface area contributed by atoms with Crippen LogP contribution in [0.1, 0.15) is 29.8 Å². The second-order valence-corrected chi connectivity index (χ2v) is 9.26. The van der Waals surface area contributed by atoms with Gasteiger partial charge in [0.2, 0.25) is 6.41 Å². The van der Waals surface area contributed by atoms with E-state index in [1.807, 2.05) is 0 Å². The number of methoxy groups -OCH3 is 1. The predicted octanol–water partition coefficient (Wildman–Crippen LogP) is 4.41. The molecule has 0 saturated heterocycles. The standard InChI is InChI=1S/C25H28F3N5O3/c1-15-31-20-10-21(35-3)22(36-13-24(4-5-24)12-33(2)14-34)9-19(20)23(32-15)30-11-16-6-17(25(26,27)28)8-18(29)7-16/h6-10,14H,4-5,11-13,29H2,1-3H3,(H,30,31,32). The van der Waals surface area contributed by atoms with E-state index in [1.54, 1.807) is 31.0 Å². The number of benzene rings is 2. The minimum absolute atomic E-state index is 0.0278. The zero-order valence-corrected chi connectivity index (χ0v) is 20.3. The molecule has 1 heterocycles. The molecular weight excluding hydrogens is 475 g/mol. The van der Waals surface area contributed by atoms with Gasteiger partial charge in [0, 0.05) is 42.7 Å². The molecule has 1 aromatic heterocycles. The van der Waals surface area contributed by atoms with E-state index >= 15 is 0 Å². The van der Waals surface area contributed by atoms with Gasteiger partial charge in [-0.1, -0.05) is 0 Å². The highest BCUT2D eigenvalue weighted by Gasteiger charge is 2.44. The number of ether oxygens (including phenoxy) is 2. The normalized spacial score (nSPS) is 14.4. The molecule has 36 heavy (non-hydrogen) atoms. The third-order valence-electron chi connectivity index (χ3n) is 6.15. The van der Waals surface area contributed by atoms with E-state index < -0.39 is 11.7 Å². The van der Waals surface area contributed by atoms with Crippen LogP contribution in [0.15, 0.2) is 30.3 Å². The fourth-order valence-corrected chi connectivity index (χ4v) is 4.15. The SMILES string of the molecule is COc1cc2nc(C)nc(NCc3cc(N)cc(C(F)(F)F)c3)c2cc1OCC1(CN(C)C=O)CC1. The van der Waals surface area contributed by atoms with E-state index in [0.717, 1.165) is 31.4 Å². The van der Waals surface area contributed by atoms with E-state index in [0.29, 0.717) is 52.8 Å². The van der Waals surface area contributed by atoms with Gasteiger partial charge in [-0.25, -0.2) is 9.97 Å². The van der Waals surface area contributed by atoms with Crippen LogP contribution >= 0.6 is 0 Å². The van der Waals surface area contributed by atoms with Crippen LogP contribution in [0, 0.1) is 12.3 Å². The molecule has 0 unspecified atom stereocenters. The van der Waals surface area contributed by atoms with Crippen molar-refractivity contribution >= 4 is 28.8 Å². The Morgan fingerprint density at radius 2 is 1.92 bits per heavy atom. The molecule has 3 N–H and O–H groups in total. The Kier molecular flexibility index (Phi) is 6.83. The number of amides is 1. The first-order chi connectivity index (χ1) is 17.0. The van der Waals surface area contributed by atoms with Crippen molar-refractivity contribution < 1.29 is 27.4 Å². The monoisotopic (exact) mass is 503 g/mol. The van der Waals surface area contributed by atoms with Crippen LogP contribution in [0.5, 0.6) is 11.5 Å². The average molecular weight is 504 g/mol. The second kappa shape index (κ2) is 9.71. The predicted molar refractivity (Wildman–Crippen MR) is 130 cm³/mol. The van der Waals surface area contributed by atoms with Gasteiger partial charge in [-0.05, 0) is 49.6 Å². The Hall–Kier alpha value is -3.76. The van der Waals surface area contributed by atoms with Crippen LogP contribution in [-0.2, 0) is 17.5 Å². The van der Waals surface area contributed by atoms with Gasteiger partial charge in [-0.3, -0.25) is 4.79 Å². The molecule has 1 amide bonds. The number of aromatic nitrogens is 2. The van der Waals surface area contributed by atoms with Gasteiger partial charge in [0.25, 0.3) is 0 Å².